The van der Waals surface area contributed by atoms with Gasteiger partial charge in [-0.25, -0.2) is 8.78 Å². The molecule has 0 heterocycles. The summed E-state index contributed by atoms with van der Waals surface area (Å²) in [5, 5.41) is 2.12. The van der Waals surface area contributed by atoms with Crippen molar-refractivity contribution in [3.05, 3.63) is 0 Å². The third kappa shape index (κ3) is 2.51. The molecule has 0 aliphatic rings. The first-order chi connectivity index (χ1) is 3.18. The lowest BCUT2D eigenvalue weighted by molar-refractivity contribution is 0.157. The van der Waals surface area contributed by atoms with E-state index in [1.54, 1.807) is 0 Å². The van der Waals surface area contributed by atoms with Crippen LogP contribution in [-0.2, 0) is 0 Å². The zero-order chi connectivity index (χ0) is 5.86. The van der Waals surface area contributed by atoms with Crippen LogP contribution in [0.3, 0.4) is 0 Å². The molecule has 44 valence electrons. The minimum Gasteiger partial charge on any atom is -0.288 e. The molecule has 2 atom stereocenters. The van der Waals surface area contributed by atoms with Crippen LogP contribution in [0.5, 0.6) is 0 Å². The molecule has 0 saturated heterocycles. The summed E-state index contributed by atoms with van der Waals surface area (Å²) in [5.41, 5.74) is 0. The maximum absolute atomic E-state index is 11.8. The Bertz CT molecular complexity index is 47.0. The minimum absolute atomic E-state index is 1.17. The summed E-state index contributed by atoms with van der Waals surface area (Å²) in [6, 6.07) is 0. The van der Waals surface area contributed by atoms with E-state index in [1.807, 2.05) is 0 Å². The highest BCUT2D eigenvalue weighted by Gasteiger charge is 2.09. The molecule has 1 N–H and O–H groups in total. The fourth-order valence-electron chi connectivity index (χ4n) is 0.230. The van der Waals surface area contributed by atoms with Gasteiger partial charge in [0.1, 0.15) is 6.17 Å². The molecule has 2 unspecified atom stereocenters. The normalized spacial score (nSPS) is 18.9. The first kappa shape index (κ1) is 6.82. The lowest BCUT2D eigenvalue weighted by Crippen LogP contribution is -2.27. The molecule has 0 aromatic heterocycles. The quantitative estimate of drug-likeness (QED) is 0.518. The summed E-state index contributed by atoms with van der Waals surface area (Å²) in [4.78, 5) is 0. The highest BCUT2D eigenvalue weighted by Crippen LogP contribution is 1.96. The average Bonchev–Trinajstić information content (AvgIpc) is 1.65. The lowest BCUT2D eigenvalue weighted by atomic mass is 10.4. The largest absolute Gasteiger partial charge is 0.288 e. The van der Waals surface area contributed by atoms with Crippen LogP contribution in [0, 0.1) is 0 Å². The highest BCUT2D eigenvalue weighted by atomic mass is 19.2. The van der Waals surface area contributed by atoms with Crippen LogP contribution in [0.25, 0.3) is 0 Å². The predicted octanol–water partition coefficient (Wildman–Crippen LogP) is 0.859. The van der Waals surface area contributed by atoms with Crippen molar-refractivity contribution in [1.29, 1.82) is 0 Å². The van der Waals surface area contributed by atoms with Gasteiger partial charge in [-0.05, 0) is 14.0 Å². The Morgan fingerprint density at radius 1 is 1.43 bits per heavy atom. The van der Waals surface area contributed by atoms with Gasteiger partial charge in [-0.1, -0.05) is 0 Å². The van der Waals surface area contributed by atoms with Gasteiger partial charge in [0.25, 0.3) is 0 Å². The van der Waals surface area contributed by atoms with Gasteiger partial charge >= 0.3 is 0 Å². The van der Waals surface area contributed by atoms with Gasteiger partial charge in [0.2, 0.25) is 0 Å². The molecule has 0 fully saturated rings. The zero-order valence-electron chi connectivity index (χ0n) is 4.41. The Kier molecular flexibility index (Phi) is 2.83. The van der Waals surface area contributed by atoms with Gasteiger partial charge < -0.3 is 0 Å². The molecule has 3 heteroatoms. The number of halogens is 2. The second-order valence-electron chi connectivity index (χ2n) is 1.37. The van der Waals surface area contributed by atoms with Crippen LogP contribution in [0.15, 0.2) is 0 Å². The molecule has 0 aliphatic heterocycles. The number of hydrogen-bond donors (Lipinski definition) is 1. The van der Waals surface area contributed by atoms with Crippen LogP contribution in [0.2, 0.25) is 0 Å². The Labute approximate surface area is 41.7 Å². The van der Waals surface area contributed by atoms with Gasteiger partial charge in [-0.15, -0.1) is 0 Å². The zero-order valence-corrected chi connectivity index (χ0v) is 4.41. The average molecular weight is 109 g/mol. The molecule has 0 radical (unpaired) electrons. The van der Waals surface area contributed by atoms with Crippen LogP contribution < -0.4 is 5.32 Å². The number of nitrogens with one attached hydrogen (secondary N) is 1. The molecular weight excluding hydrogens is 100 g/mol. The van der Waals surface area contributed by atoms with E-state index in [4.69, 9.17) is 0 Å². The number of hydrogen-bond acceptors (Lipinski definition) is 1. The van der Waals surface area contributed by atoms with Crippen molar-refractivity contribution in [3.63, 3.8) is 0 Å². The van der Waals surface area contributed by atoms with E-state index in [-0.39, 0.29) is 0 Å². The predicted molar refractivity (Wildman–Crippen MR) is 24.5 cm³/mol. The molecule has 0 aliphatic carbocycles. The monoisotopic (exact) mass is 109 g/mol. The SMILES string of the molecule is CNC(F)C(C)F. The van der Waals surface area contributed by atoms with E-state index >= 15 is 0 Å². The molecule has 0 spiro atoms. The summed E-state index contributed by atoms with van der Waals surface area (Å²) in [6.07, 6.45) is -2.93. The first-order valence-electron chi connectivity index (χ1n) is 2.14. The maximum Gasteiger partial charge on any atom is 0.182 e. The fraction of sp³-hybridized carbons (Fsp3) is 1.00. The van der Waals surface area contributed by atoms with E-state index in [2.05, 4.69) is 5.32 Å². The van der Waals surface area contributed by atoms with Crippen LogP contribution in [0.4, 0.5) is 8.78 Å². The van der Waals surface area contributed by atoms with E-state index in [1.165, 1.54) is 14.0 Å². The van der Waals surface area contributed by atoms with Crippen molar-refractivity contribution in [1.82, 2.24) is 5.32 Å². The Morgan fingerprint density at radius 2 is 1.86 bits per heavy atom. The van der Waals surface area contributed by atoms with E-state index in [0.29, 0.717) is 0 Å². The molecule has 0 amide bonds. The smallest absolute Gasteiger partial charge is 0.182 e. The lowest BCUT2D eigenvalue weighted by Gasteiger charge is -2.04. The van der Waals surface area contributed by atoms with Gasteiger partial charge in [0.05, 0.1) is 0 Å². The molecular formula is C4H9F2N. The second kappa shape index (κ2) is 2.91. The molecule has 1 nitrogen and oxygen atoms in total. The minimum atomic E-state index is -1.51. The van der Waals surface area contributed by atoms with Crippen molar-refractivity contribution >= 4 is 0 Å². The third-order valence-electron chi connectivity index (χ3n) is 0.679. The number of rotatable bonds is 2. The molecule has 0 aromatic rings. The van der Waals surface area contributed by atoms with Gasteiger partial charge in [0, 0.05) is 0 Å². The van der Waals surface area contributed by atoms with Gasteiger partial charge in [0.15, 0.2) is 6.30 Å². The highest BCUT2D eigenvalue weighted by molar-refractivity contribution is 4.55. The summed E-state index contributed by atoms with van der Waals surface area (Å²) >= 11 is 0. The Morgan fingerprint density at radius 3 is 1.86 bits per heavy atom. The summed E-state index contributed by atoms with van der Waals surface area (Å²) in [6.45, 7) is 1.17. The van der Waals surface area contributed by atoms with Crippen molar-refractivity contribution in [2.75, 3.05) is 7.05 Å². The Hall–Kier alpha value is -0.180. The fourth-order valence-corrected chi connectivity index (χ4v) is 0.230. The molecule has 0 saturated carbocycles. The van der Waals surface area contributed by atoms with Gasteiger partial charge in [-0.3, -0.25) is 5.32 Å². The van der Waals surface area contributed by atoms with E-state index in [9.17, 15) is 8.78 Å². The van der Waals surface area contributed by atoms with E-state index in [0.717, 1.165) is 0 Å². The third-order valence-corrected chi connectivity index (χ3v) is 0.679. The second-order valence-corrected chi connectivity index (χ2v) is 1.37. The van der Waals surface area contributed by atoms with Crippen LogP contribution in [0.1, 0.15) is 6.92 Å². The molecule has 0 bridgehead atoms. The van der Waals surface area contributed by atoms with Crippen LogP contribution >= 0.6 is 0 Å². The first-order valence-corrected chi connectivity index (χ1v) is 2.14. The van der Waals surface area contributed by atoms with Crippen molar-refractivity contribution < 1.29 is 8.78 Å². The Balaban J connectivity index is 3.14. The molecule has 7 heavy (non-hydrogen) atoms. The summed E-state index contributed by atoms with van der Waals surface area (Å²) < 4.78 is 23.4. The standard InChI is InChI=1S/C4H9F2N/c1-3(5)4(6)7-2/h3-4,7H,1-2H3. The van der Waals surface area contributed by atoms with Crippen molar-refractivity contribution in [3.8, 4) is 0 Å². The molecule has 0 rings (SSSR count). The topological polar surface area (TPSA) is 12.0 Å². The van der Waals surface area contributed by atoms with Gasteiger partial charge in [-0.2, -0.15) is 0 Å². The van der Waals surface area contributed by atoms with Crippen molar-refractivity contribution in [2.24, 2.45) is 0 Å². The summed E-state index contributed by atoms with van der Waals surface area (Å²) in [7, 11) is 1.38. The molecule has 0 aromatic carbocycles. The maximum atomic E-state index is 11.8. The number of alkyl halides is 2. The van der Waals surface area contributed by atoms with Crippen molar-refractivity contribution in [2.45, 2.75) is 19.4 Å². The van der Waals surface area contributed by atoms with Crippen LogP contribution in [-0.4, -0.2) is 19.5 Å². The van der Waals surface area contributed by atoms with E-state index < -0.39 is 12.5 Å². The summed E-state index contributed by atoms with van der Waals surface area (Å²) in [5.74, 6) is 0.